The number of thiazole rings is 1. The van der Waals surface area contributed by atoms with Crippen molar-refractivity contribution in [3.63, 3.8) is 0 Å². The maximum absolute atomic E-state index is 12.7. The zero-order valence-electron chi connectivity index (χ0n) is 17.3. The quantitative estimate of drug-likeness (QED) is 0.561. The van der Waals surface area contributed by atoms with Gasteiger partial charge in [0.25, 0.3) is 5.91 Å². The van der Waals surface area contributed by atoms with Crippen LogP contribution in [-0.2, 0) is 22.2 Å². The van der Waals surface area contributed by atoms with Gasteiger partial charge in [0.05, 0.1) is 17.7 Å². The number of benzene rings is 2. The van der Waals surface area contributed by atoms with Crippen molar-refractivity contribution in [2.75, 3.05) is 26.0 Å². The first-order chi connectivity index (χ1) is 15.1. The molecule has 2 aromatic carbocycles. The number of nitrogens with one attached hydrogen (secondary N) is 1. The van der Waals surface area contributed by atoms with E-state index in [1.54, 1.807) is 43.7 Å². The first-order valence-corrected chi connectivity index (χ1v) is 10.3. The molecular weight excluding hydrogens is 443 g/mol. The minimum atomic E-state index is -4.39. The van der Waals surface area contributed by atoms with Crippen LogP contribution in [0.4, 0.5) is 18.9 Å². The zero-order valence-corrected chi connectivity index (χ0v) is 18.1. The summed E-state index contributed by atoms with van der Waals surface area (Å²) in [6, 6.07) is 11.3. The van der Waals surface area contributed by atoms with E-state index in [0.29, 0.717) is 27.7 Å². The molecule has 32 heavy (non-hydrogen) atoms. The Morgan fingerprint density at radius 3 is 2.31 bits per heavy atom. The van der Waals surface area contributed by atoms with Crippen LogP contribution < -0.4 is 10.1 Å². The van der Waals surface area contributed by atoms with E-state index in [1.165, 1.54) is 28.4 Å². The third-order valence-electron chi connectivity index (χ3n) is 4.35. The summed E-state index contributed by atoms with van der Waals surface area (Å²) < 4.78 is 43.5. The Morgan fingerprint density at radius 2 is 1.72 bits per heavy atom. The molecule has 0 aliphatic rings. The van der Waals surface area contributed by atoms with Gasteiger partial charge in [-0.3, -0.25) is 9.59 Å². The van der Waals surface area contributed by atoms with Gasteiger partial charge in [-0.05, 0) is 36.4 Å². The highest BCUT2D eigenvalue weighted by Gasteiger charge is 2.30. The van der Waals surface area contributed by atoms with Gasteiger partial charge in [0.2, 0.25) is 5.91 Å². The molecule has 0 atom stereocenters. The third kappa shape index (κ3) is 6.30. The lowest BCUT2D eigenvalue weighted by atomic mass is 10.1. The molecule has 1 heterocycles. The third-order valence-corrected chi connectivity index (χ3v) is 5.29. The molecule has 0 saturated carbocycles. The Kier molecular flexibility index (Phi) is 7.14. The fourth-order valence-electron chi connectivity index (χ4n) is 2.60. The highest BCUT2D eigenvalue weighted by Crippen LogP contribution is 2.31. The molecule has 1 N–H and O–H groups in total. The molecule has 0 aliphatic carbocycles. The van der Waals surface area contributed by atoms with Gasteiger partial charge in [-0.25, -0.2) is 4.98 Å². The highest BCUT2D eigenvalue weighted by atomic mass is 32.1. The van der Waals surface area contributed by atoms with E-state index in [1.807, 2.05) is 0 Å². The van der Waals surface area contributed by atoms with Crippen molar-refractivity contribution in [1.82, 2.24) is 9.88 Å². The summed E-state index contributed by atoms with van der Waals surface area (Å²) in [7, 11) is 3.28. The summed E-state index contributed by atoms with van der Waals surface area (Å²) >= 11 is 1.26. The van der Waals surface area contributed by atoms with Crippen molar-refractivity contribution in [1.29, 1.82) is 0 Å². The van der Waals surface area contributed by atoms with Crippen molar-refractivity contribution in [2.45, 2.75) is 12.6 Å². The van der Waals surface area contributed by atoms with Crippen LogP contribution in [-0.4, -0.2) is 42.4 Å². The van der Waals surface area contributed by atoms with Crippen LogP contribution in [0.25, 0.3) is 10.6 Å². The molecule has 0 spiro atoms. The standard InChI is InChI=1S/C22H20F3N3O3S/c1-28(2)20(30)12-31-18-9-7-16(8-10-18)26-19(29)11-17-13-32-21(27-17)14-3-5-15(6-4-14)22(23,24)25/h3-10,13H,11-12H2,1-2H3,(H,26,29). The SMILES string of the molecule is CN(C)C(=O)COc1ccc(NC(=O)Cc2csc(-c3ccc(C(F)(F)F)cc3)n2)cc1. The lowest BCUT2D eigenvalue weighted by Crippen LogP contribution is -2.27. The Labute approximate surface area is 186 Å². The Morgan fingerprint density at radius 1 is 1.06 bits per heavy atom. The zero-order chi connectivity index (χ0) is 23.3. The molecule has 0 unspecified atom stereocenters. The van der Waals surface area contributed by atoms with Crippen molar-refractivity contribution >= 4 is 28.8 Å². The molecule has 0 radical (unpaired) electrons. The van der Waals surface area contributed by atoms with Crippen LogP contribution in [0.15, 0.2) is 53.9 Å². The lowest BCUT2D eigenvalue weighted by molar-refractivity contribution is -0.137. The van der Waals surface area contributed by atoms with Crippen molar-refractivity contribution in [3.05, 3.63) is 65.2 Å². The normalized spacial score (nSPS) is 11.2. The van der Waals surface area contributed by atoms with E-state index in [9.17, 15) is 22.8 Å². The number of amides is 2. The minimum Gasteiger partial charge on any atom is -0.484 e. The van der Waals surface area contributed by atoms with Crippen molar-refractivity contribution in [2.24, 2.45) is 0 Å². The summed E-state index contributed by atoms with van der Waals surface area (Å²) in [5.74, 6) is 0.0471. The number of alkyl halides is 3. The van der Waals surface area contributed by atoms with Gasteiger partial charge in [0, 0.05) is 30.7 Å². The maximum atomic E-state index is 12.7. The number of rotatable bonds is 7. The number of hydrogen-bond donors (Lipinski definition) is 1. The molecular formula is C22H20F3N3O3S. The molecule has 168 valence electrons. The molecule has 2 amide bonds. The number of aromatic nitrogens is 1. The van der Waals surface area contributed by atoms with Crippen LogP contribution in [0.3, 0.4) is 0 Å². The largest absolute Gasteiger partial charge is 0.484 e. The van der Waals surface area contributed by atoms with Crippen LogP contribution in [0.2, 0.25) is 0 Å². The summed E-state index contributed by atoms with van der Waals surface area (Å²) in [6.45, 7) is -0.0796. The smallest absolute Gasteiger partial charge is 0.416 e. The fourth-order valence-corrected chi connectivity index (χ4v) is 3.43. The molecule has 3 aromatic rings. The molecule has 0 aliphatic heterocycles. The number of likely N-dealkylation sites (N-methyl/N-ethyl adjacent to an activating group) is 1. The summed E-state index contributed by atoms with van der Waals surface area (Å²) in [4.78, 5) is 29.6. The molecule has 10 heteroatoms. The second-order valence-electron chi connectivity index (χ2n) is 7.05. The molecule has 0 fully saturated rings. The number of nitrogens with zero attached hydrogens (tertiary/aromatic N) is 2. The monoisotopic (exact) mass is 463 g/mol. The van der Waals surface area contributed by atoms with E-state index in [4.69, 9.17) is 4.74 Å². The average Bonchev–Trinajstić information content (AvgIpc) is 3.20. The predicted octanol–water partition coefficient (Wildman–Crippen LogP) is 4.48. The van der Waals surface area contributed by atoms with E-state index < -0.39 is 11.7 Å². The van der Waals surface area contributed by atoms with Crippen LogP contribution >= 0.6 is 11.3 Å². The summed E-state index contributed by atoms with van der Waals surface area (Å²) in [5, 5.41) is 4.98. The number of carbonyl (C=O) groups is 2. The molecule has 3 rings (SSSR count). The van der Waals surface area contributed by atoms with Gasteiger partial charge in [-0.15, -0.1) is 11.3 Å². The van der Waals surface area contributed by atoms with E-state index >= 15 is 0 Å². The van der Waals surface area contributed by atoms with Crippen molar-refractivity contribution in [3.8, 4) is 16.3 Å². The molecule has 0 bridgehead atoms. The maximum Gasteiger partial charge on any atom is 0.416 e. The highest BCUT2D eigenvalue weighted by molar-refractivity contribution is 7.13. The lowest BCUT2D eigenvalue weighted by Gasteiger charge is -2.11. The molecule has 6 nitrogen and oxygen atoms in total. The van der Waals surface area contributed by atoms with Crippen LogP contribution in [0.1, 0.15) is 11.3 Å². The number of anilines is 1. The van der Waals surface area contributed by atoms with Gasteiger partial charge in [-0.2, -0.15) is 13.2 Å². The van der Waals surface area contributed by atoms with Crippen molar-refractivity contribution < 1.29 is 27.5 Å². The number of hydrogen-bond acceptors (Lipinski definition) is 5. The molecule has 1 aromatic heterocycles. The fraction of sp³-hybridized carbons (Fsp3) is 0.227. The van der Waals surface area contributed by atoms with Crippen LogP contribution in [0, 0.1) is 0 Å². The summed E-state index contributed by atoms with van der Waals surface area (Å²) in [6.07, 6.45) is -4.37. The number of halogens is 3. The summed E-state index contributed by atoms with van der Waals surface area (Å²) in [5.41, 5.74) is 0.903. The van der Waals surface area contributed by atoms with E-state index in [2.05, 4.69) is 10.3 Å². The van der Waals surface area contributed by atoms with E-state index in [-0.39, 0.29) is 24.8 Å². The predicted molar refractivity (Wildman–Crippen MR) is 116 cm³/mol. The first-order valence-electron chi connectivity index (χ1n) is 9.47. The van der Waals surface area contributed by atoms with Gasteiger partial charge < -0.3 is 15.0 Å². The second kappa shape index (κ2) is 9.82. The Bertz CT molecular complexity index is 1080. The second-order valence-corrected chi connectivity index (χ2v) is 7.90. The van der Waals surface area contributed by atoms with Gasteiger partial charge in [-0.1, -0.05) is 12.1 Å². The molecule has 0 saturated heterocycles. The number of carbonyl (C=O) groups excluding carboxylic acids is 2. The first kappa shape index (κ1) is 23.3. The Balaban J connectivity index is 1.54. The average molecular weight is 463 g/mol. The topological polar surface area (TPSA) is 71.5 Å². The van der Waals surface area contributed by atoms with Gasteiger partial charge >= 0.3 is 6.18 Å². The van der Waals surface area contributed by atoms with Gasteiger partial charge in [0.1, 0.15) is 10.8 Å². The number of ether oxygens (including phenoxy) is 1. The Hall–Kier alpha value is -3.40. The van der Waals surface area contributed by atoms with Gasteiger partial charge in [0.15, 0.2) is 6.61 Å². The minimum absolute atomic E-state index is 0.0206. The van der Waals surface area contributed by atoms with E-state index in [0.717, 1.165) is 12.1 Å². The van der Waals surface area contributed by atoms with Crippen LogP contribution in [0.5, 0.6) is 5.75 Å².